The van der Waals surface area contributed by atoms with E-state index in [1.54, 1.807) is 7.05 Å². The summed E-state index contributed by atoms with van der Waals surface area (Å²) < 4.78 is 1.34. The van der Waals surface area contributed by atoms with E-state index in [-0.39, 0.29) is 16.8 Å². The van der Waals surface area contributed by atoms with Crippen LogP contribution in [0.5, 0.6) is 0 Å². The molecule has 2 N–H and O–H groups in total. The van der Waals surface area contributed by atoms with Gasteiger partial charge in [-0.05, 0) is 18.2 Å². The van der Waals surface area contributed by atoms with Gasteiger partial charge in [-0.2, -0.15) is 0 Å². The minimum Gasteiger partial charge on any atom is -0.477 e. The van der Waals surface area contributed by atoms with Crippen molar-refractivity contribution in [3.05, 3.63) is 58.3 Å². The van der Waals surface area contributed by atoms with Gasteiger partial charge in [-0.25, -0.2) is 9.78 Å². The van der Waals surface area contributed by atoms with Crippen molar-refractivity contribution in [2.45, 2.75) is 0 Å². The molecule has 20 heavy (non-hydrogen) atoms. The molecule has 0 spiro atoms. The van der Waals surface area contributed by atoms with E-state index in [9.17, 15) is 14.4 Å². The summed E-state index contributed by atoms with van der Waals surface area (Å²) >= 11 is 0. The highest BCUT2D eigenvalue weighted by atomic mass is 16.4. The van der Waals surface area contributed by atoms with Crippen LogP contribution in [0.4, 0.5) is 5.69 Å². The molecule has 2 rings (SSSR count). The predicted octanol–water partition coefficient (Wildman–Crippen LogP) is 0.731. The van der Waals surface area contributed by atoms with Gasteiger partial charge in [0, 0.05) is 36.8 Å². The van der Waals surface area contributed by atoms with Gasteiger partial charge in [-0.1, -0.05) is 0 Å². The molecule has 0 fully saturated rings. The predicted molar refractivity (Wildman–Crippen MR) is 70.8 cm³/mol. The lowest BCUT2D eigenvalue weighted by Gasteiger charge is -2.06. The van der Waals surface area contributed by atoms with Gasteiger partial charge in [0.1, 0.15) is 5.69 Å². The fraction of sp³-hybridized carbons (Fsp3) is 0.0769. The normalized spacial score (nSPS) is 10.1. The van der Waals surface area contributed by atoms with Crippen LogP contribution < -0.4 is 10.9 Å². The third-order valence-electron chi connectivity index (χ3n) is 2.60. The topological polar surface area (TPSA) is 101 Å². The van der Waals surface area contributed by atoms with Crippen LogP contribution in [0.3, 0.4) is 0 Å². The van der Waals surface area contributed by atoms with E-state index < -0.39 is 11.9 Å². The molecule has 7 nitrogen and oxygen atoms in total. The number of nitrogens with one attached hydrogen (secondary N) is 1. The molecule has 0 atom stereocenters. The first-order chi connectivity index (χ1) is 9.47. The first-order valence-electron chi connectivity index (χ1n) is 5.65. The highest BCUT2D eigenvalue weighted by Gasteiger charge is 2.10. The van der Waals surface area contributed by atoms with E-state index in [0.717, 1.165) is 0 Å². The summed E-state index contributed by atoms with van der Waals surface area (Å²) in [4.78, 5) is 37.8. The fourth-order valence-electron chi connectivity index (χ4n) is 1.52. The molecule has 0 aliphatic carbocycles. The first kappa shape index (κ1) is 13.5. The number of carbonyl (C=O) groups is 2. The summed E-state index contributed by atoms with van der Waals surface area (Å²) in [6.07, 6.45) is 2.76. The molecular formula is C13H11N3O4. The van der Waals surface area contributed by atoms with Crippen molar-refractivity contribution in [3.63, 3.8) is 0 Å². The maximum absolute atomic E-state index is 11.9. The van der Waals surface area contributed by atoms with E-state index in [2.05, 4.69) is 10.3 Å². The molecule has 0 unspecified atom stereocenters. The van der Waals surface area contributed by atoms with Gasteiger partial charge in [0.15, 0.2) is 0 Å². The van der Waals surface area contributed by atoms with Gasteiger partial charge in [0.2, 0.25) is 0 Å². The number of pyridine rings is 2. The number of aromatic nitrogens is 2. The van der Waals surface area contributed by atoms with Crippen LogP contribution in [0.2, 0.25) is 0 Å². The summed E-state index contributed by atoms with van der Waals surface area (Å²) in [5.41, 5.74) is 0.00948. The maximum Gasteiger partial charge on any atom is 0.354 e. The van der Waals surface area contributed by atoms with Crippen molar-refractivity contribution in [2.24, 2.45) is 7.05 Å². The highest BCUT2D eigenvalue weighted by Crippen LogP contribution is 2.09. The number of carboxylic acid groups (broad SMARTS) is 1. The third-order valence-corrected chi connectivity index (χ3v) is 2.60. The van der Waals surface area contributed by atoms with Gasteiger partial charge in [0.25, 0.3) is 11.5 Å². The Bertz CT molecular complexity index is 736. The Morgan fingerprint density at radius 1 is 1.30 bits per heavy atom. The van der Waals surface area contributed by atoms with E-state index in [4.69, 9.17) is 5.11 Å². The summed E-state index contributed by atoms with van der Waals surface area (Å²) in [6.45, 7) is 0. The van der Waals surface area contributed by atoms with Crippen molar-refractivity contribution < 1.29 is 14.7 Å². The average Bonchev–Trinajstić information content (AvgIpc) is 2.42. The minimum absolute atomic E-state index is 0.174. The lowest BCUT2D eigenvalue weighted by atomic mass is 10.2. The molecule has 102 valence electrons. The SMILES string of the molecule is Cn1ccc(C(=O)Nc2ccnc(C(=O)O)c2)cc1=O. The quantitative estimate of drug-likeness (QED) is 0.858. The van der Waals surface area contributed by atoms with Crippen LogP contribution in [-0.4, -0.2) is 26.5 Å². The molecule has 2 aromatic heterocycles. The van der Waals surface area contributed by atoms with E-state index >= 15 is 0 Å². The first-order valence-corrected chi connectivity index (χ1v) is 5.65. The molecular weight excluding hydrogens is 262 g/mol. The van der Waals surface area contributed by atoms with Crippen LogP contribution >= 0.6 is 0 Å². The average molecular weight is 273 g/mol. The van der Waals surface area contributed by atoms with Gasteiger partial charge in [-0.3, -0.25) is 9.59 Å². The molecule has 0 aliphatic heterocycles. The minimum atomic E-state index is -1.19. The van der Waals surface area contributed by atoms with Crippen LogP contribution in [-0.2, 0) is 7.05 Å². The summed E-state index contributed by atoms with van der Waals surface area (Å²) in [5, 5.41) is 11.3. The van der Waals surface area contributed by atoms with Crippen LogP contribution in [0, 0.1) is 0 Å². The van der Waals surface area contributed by atoms with Gasteiger partial charge in [-0.15, -0.1) is 0 Å². The Morgan fingerprint density at radius 3 is 2.70 bits per heavy atom. The van der Waals surface area contributed by atoms with Crippen molar-refractivity contribution in [1.29, 1.82) is 0 Å². The highest BCUT2D eigenvalue weighted by molar-refractivity contribution is 6.04. The Kier molecular flexibility index (Phi) is 3.60. The second-order valence-electron chi connectivity index (χ2n) is 4.05. The number of carbonyl (C=O) groups excluding carboxylic acids is 1. The number of amides is 1. The Balaban J connectivity index is 2.23. The van der Waals surface area contributed by atoms with Crippen molar-refractivity contribution in [3.8, 4) is 0 Å². The lowest BCUT2D eigenvalue weighted by Crippen LogP contribution is -2.20. The number of nitrogens with zero attached hydrogens (tertiary/aromatic N) is 2. The maximum atomic E-state index is 11.9. The van der Waals surface area contributed by atoms with Crippen molar-refractivity contribution in [2.75, 3.05) is 5.32 Å². The molecule has 2 heterocycles. The Labute approximate surface area is 113 Å². The lowest BCUT2D eigenvalue weighted by molar-refractivity contribution is 0.0690. The zero-order valence-corrected chi connectivity index (χ0v) is 10.5. The smallest absolute Gasteiger partial charge is 0.354 e. The third kappa shape index (κ3) is 2.89. The molecule has 0 radical (unpaired) electrons. The molecule has 0 saturated carbocycles. The second-order valence-corrected chi connectivity index (χ2v) is 4.05. The zero-order chi connectivity index (χ0) is 14.7. The summed E-state index contributed by atoms with van der Waals surface area (Å²) in [6, 6.07) is 5.40. The zero-order valence-electron chi connectivity index (χ0n) is 10.5. The summed E-state index contributed by atoms with van der Waals surface area (Å²) in [5.74, 6) is -1.68. The number of anilines is 1. The molecule has 0 saturated heterocycles. The molecule has 7 heteroatoms. The monoisotopic (exact) mass is 273 g/mol. The Hall–Kier alpha value is -2.96. The number of hydrogen-bond acceptors (Lipinski definition) is 4. The van der Waals surface area contributed by atoms with Crippen molar-refractivity contribution >= 4 is 17.6 Å². The van der Waals surface area contributed by atoms with Crippen molar-refractivity contribution in [1.82, 2.24) is 9.55 Å². The molecule has 2 aromatic rings. The largest absolute Gasteiger partial charge is 0.477 e. The van der Waals surface area contributed by atoms with Crippen LogP contribution in [0.1, 0.15) is 20.8 Å². The van der Waals surface area contributed by atoms with Gasteiger partial charge >= 0.3 is 5.97 Å². The molecule has 0 bridgehead atoms. The molecule has 1 amide bonds. The molecule has 0 aromatic carbocycles. The van der Waals surface area contributed by atoms with Crippen LogP contribution in [0.25, 0.3) is 0 Å². The summed E-state index contributed by atoms with van der Waals surface area (Å²) in [7, 11) is 1.58. The second kappa shape index (κ2) is 5.35. The standard InChI is InChI=1S/C13H11N3O4/c1-16-5-3-8(6-11(16)17)12(18)15-9-2-4-14-10(7-9)13(19)20/h2-7H,1H3,(H,19,20)(H,14,15,18). The number of aryl methyl sites for hydroxylation is 1. The van der Waals surface area contributed by atoms with Gasteiger partial charge in [0.05, 0.1) is 0 Å². The fourth-order valence-corrected chi connectivity index (χ4v) is 1.52. The number of carboxylic acids is 1. The van der Waals surface area contributed by atoms with Crippen LogP contribution in [0.15, 0.2) is 41.5 Å². The van der Waals surface area contributed by atoms with E-state index in [1.165, 1.54) is 41.2 Å². The molecule has 0 aliphatic rings. The number of rotatable bonds is 3. The number of aromatic carboxylic acids is 1. The Morgan fingerprint density at radius 2 is 2.05 bits per heavy atom. The number of hydrogen-bond donors (Lipinski definition) is 2. The van der Waals surface area contributed by atoms with E-state index in [0.29, 0.717) is 5.69 Å². The van der Waals surface area contributed by atoms with Gasteiger partial charge < -0.3 is 15.0 Å². The van der Waals surface area contributed by atoms with E-state index in [1.807, 2.05) is 0 Å².